The van der Waals surface area contributed by atoms with E-state index in [1.165, 1.54) is 6.33 Å². The van der Waals surface area contributed by atoms with Gasteiger partial charge >= 0.3 is 0 Å². The molecule has 2 N–H and O–H groups in total. The van der Waals surface area contributed by atoms with Crippen LogP contribution in [0.1, 0.15) is 6.92 Å². The Bertz CT molecular complexity index is 706. The van der Waals surface area contributed by atoms with Gasteiger partial charge in [0.1, 0.15) is 28.9 Å². The third-order valence-electron chi connectivity index (χ3n) is 2.96. The number of nitrogens with zero attached hydrogens (tertiary/aromatic N) is 3. The molecule has 19 heavy (non-hydrogen) atoms. The molecule has 3 aromatic rings. The molecule has 0 unspecified atom stereocenters. The van der Waals surface area contributed by atoms with Crippen molar-refractivity contribution in [3.8, 4) is 11.5 Å². The molecule has 2 heterocycles. The molecule has 0 aliphatic carbocycles. The smallest absolute Gasteiger partial charge is 0.158 e. The van der Waals surface area contributed by atoms with Crippen molar-refractivity contribution in [1.82, 2.24) is 14.5 Å². The highest BCUT2D eigenvalue weighted by molar-refractivity contribution is 5.92. The number of aromatic nitrogens is 3. The third-order valence-corrected chi connectivity index (χ3v) is 2.96. The topological polar surface area (TPSA) is 66.0 Å². The van der Waals surface area contributed by atoms with Crippen LogP contribution in [0.4, 0.5) is 5.82 Å². The molecule has 0 saturated heterocycles. The summed E-state index contributed by atoms with van der Waals surface area (Å²) in [5.41, 5.74) is 6.73. The Hall–Kier alpha value is -2.56. The summed E-state index contributed by atoms with van der Waals surface area (Å²) in [6.07, 6.45) is 3.37. The Kier molecular flexibility index (Phi) is 2.79. The largest absolute Gasteiger partial charge is 0.455 e. The van der Waals surface area contributed by atoms with Crippen LogP contribution in [0.25, 0.3) is 11.0 Å². The maximum Gasteiger partial charge on any atom is 0.158 e. The van der Waals surface area contributed by atoms with Crippen LogP contribution < -0.4 is 10.5 Å². The molecule has 5 heteroatoms. The summed E-state index contributed by atoms with van der Waals surface area (Å²) in [6.45, 7) is 2.84. The van der Waals surface area contributed by atoms with E-state index < -0.39 is 0 Å². The van der Waals surface area contributed by atoms with Crippen molar-refractivity contribution in [2.75, 3.05) is 5.73 Å². The van der Waals surface area contributed by atoms with Gasteiger partial charge in [-0.1, -0.05) is 18.2 Å². The first-order valence-electron chi connectivity index (χ1n) is 6.12. The van der Waals surface area contributed by atoms with Gasteiger partial charge in [-0.25, -0.2) is 9.97 Å². The number of benzene rings is 1. The van der Waals surface area contributed by atoms with Gasteiger partial charge in [-0.2, -0.15) is 0 Å². The summed E-state index contributed by atoms with van der Waals surface area (Å²) >= 11 is 0. The van der Waals surface area contributed by atoms with Gasteiger partial charge in [0, 0.05) is 12.7 Å². The Labute approximate surface area is 110 Å². The van der Waals surface area contributed by atoms with E-state index in [1.807, 2.05) is 48.0 Å². The Balaban J connectivity index is 2.13. The number of ether oxygens (including phenoxy) is 1. The zero-order chi connectivity index (χ0) is 13.2. The van der Waals surface area contributed by atoms with Crippen LogP contribution in [-0.2, 0) is 6.54 Å². The summed E-state index contributed by atoms with van der Waals surface area (Å²) in [7, 11) is 0. The number of nitrogens with two attached hydrogens (primary N) is 1. The maximum absolute atomic E-state index is 5.93. The van der Waals surface area contributed by atoms with Gasteiger partial charge in [-0.3, -0.25) is 0 Å². The van der Waals surface area contributed by atoms with E-state index >= 15 is 0 Å². The number of para-hydroxylation sites is 1. The van der Waals surface area contributed by atoms with Gasteiger partial charge in [0.2, 0.25) is 0 Å². The zero-order valence-corrected chi connectivity index (χ0v) is 10.6. The second-order valence-corrected chi connectivity index (χ2v) is 4.15. The molecule has 0 aliphatic rings. The highest BCUT2D eigenvalue weighted by Gasteiger charge is 2.14. The van der Waals surface area contributed by atoms with Gasteiger partial charge in [0.05, 0.1) is 0 Å². The Morgan fingerprint density at radius 1 is 1.21 bits per heavy atom. The first-order chi connectivity index (χ1) is 9.29. The van der Waals surface area contributed by atoms with Crippen molar-refractivity contribution >= 4 is 16.9 Å². The van der Waals surface area contributed by atoms with Crippen molar-refractivity contribution < 1.29 is 4.74 Å². The molecule has 0 aliphatic heterocycles. The number of aryl methyl sites for hydroxylation is 1. The van der Waals surface area contributed by atoms with Crippen LogP contribution in [0, 0.1) is 0 Å². The summed E-state index contributed by atoms with van der Waals surface area (Å²) in [6, 6.07) is 9.59. The van der Waals surface area contributed by atoms with Crippen LogP contribution in [0.2, 0.25) is 0 Å². The van der Waals surface area contributed by atoms with Gasteiger partial charge in [-0.05, 0) is 19.1 Å². The van der Waals surface area contributed by atoms with E-state index in [1.54, 1.807) is 0 Å². The van der Waals surface area contributed by atoms with E-state index in [0.29, 0.717) is 11.6 Å². The fraction of sp³-hybridized carbons (Fsp3) is 0.143. The lowest BCUT2D eigenvalue weighted by atomic mass is 10.3. The lowest BCUT2D eigenvalue weighted by molar-refractivity contribution is 0.485. The first-order valence-corrected chi connectivity index (χ1v) is 6.12. The molecular formula is C14H14N4O. The van der Waals surface area contributed by atoms with Crippen molar-refractivity contribution in [3.05, 3.63) is 42.9 Å². The molecule has 2 aromatic heterocycles. The second kappa shape index (κ2) is 4.61. The standard InChI is InChI=1S/C14H14N4O/c1-2-18-8-11(19-10-6-4-3-5-7-10)12-13(15)16-9-17-14(12)18/h3-9H,2H2,1H3,(H2,15,16,17). The van der Waals surface area contributed by atoms with E-state index in [2.05, 4.69) is 9.97 Å². The van der Waals surface area contributed by atoms with Crippen LogP contribution in [0.15, 0.2) is 42.9 Å². The molecule has 5 nitrogen and oxygen atoms in total. The second-order valence-electron chi connectivity index (χ2n) is 4.15. The van der Waals surface area contributed by atoms with Crippen molar-refractivity contribution in [2.45, 2.75) is 13.5 Å². The first kappa shape index (κ1) is 11.5. The molecule has 96 valence electrons. The average Bonchev–Trinajstić information content (AvgIpc) is 2.79. The molecule has 0 spiro atoms. The predicted octanol–water partition coefficient (Wildman–Crippen LogP) is 2.83. The van der Waals surface area contributed by atoms with E-state index in [4.69, 9.17) is 10.5 Å². The van der Waals surface area contributed by atoms with Gasteiger partial charge < -0.3 is 15.0 Å². The van der Waals surface area contributed by atoms with E-state index in [-0.39, 0.29) is 0 Å². The minimum absolute atomic E-state index is 0.433. The molecule has 3 rings (SSSR count). The number of hydrogen-bond donors (Lipinski definition) is 1. The summed E-state index contributed by atoms with van der Waals surface area (Å²) in [5, 5.41) is 0.758. The fourth-order valence-corrected chi connectivity index (χ4v) is 2.04. The number of anilines is 1. The van der Waals surface area contributed by atoms with Crippen LogP contribution in [0.3, 0.4) is 0 Å². The van der Waals surface area contributed by atoms with E-state index in [0.717, 1.165) is 23.3 Å². The molecular weight excluding hydrogens is 240 g/mol. The SMILES string of the molecule is CCn1cc(Oc2ccccc2)c2c(N)ncnc21. The molecule has 0 saturated carbocycles. The lowest BCUT2D eigenvalue weighted by Crippen LogP contribution is -1.96. The number of hydrogen-bond acceptors (Lipinski definition) is 4. The highest BCUT2D eigenvalue weighted by Crippen LogP contribution is 2.33. The van der Waals surface area contributed by atoms with Crippen LogP contribution >= 0.6 is 0 Å². The van der Waals surface area contributed by atoms with Gasteiger partial charge in [-0.15, -0.1) is 0 Å². The third kappa shape index (κ3) is 1.99. The van der Waals surface area contributed by atoms with Crippen molar-refractivity contribution in [3.63, 3.8) is 0 Å². The minimum atomic E-state index is 0.433. The molecule has 1 aromatic carbocycles. The Morgan fingerprint density at radius 2 is 2.00 bits per heavy atom. The number of nitrogen functional groups attached to an aromatic ring is 1. The summed E-state index contributed by atoms with van der Waals surface area (Å²) in [4.78, 5) is 8.30. The van der Waals surface area contributed by atoms with Crippen LogP contribution in [0.5, 0.6) is 11.5 Å². The lowest BCUT2D eigenvalue weighted by Gasteiger charge is -2.03. The van der Waals surface area contributed by atoms with Gasteiger partial charge in [0.15, 0.2) is 5.75 Å². The monoisotopic (exact) mass is 254 g/mol. The molecule has 0 atom stereocenters. The zero-order valence-electron chi connectivity index (χ0n) is 10.6. The minimum Gasteiger partial charge on any atom is -0.455 e. The molecule has 0 fully saturated rings. The fourth-order valence-electron chi connectivity index (χ4n) is 2.04. The molecule has 0 amide bonds. The van der Waals surface area contributed by atoms with Crippen LogP contribution in [-0.4, -0.2) is 14.5 Å². The van der Waals surface area contributed by atoms with Crippen molar-refractivity contribution in [1.29, 1.82) is 0 Å². The quantitative estimate of drug-likeness (QED) is 0.780. The Morgan fingerprint density at radius 3 is 2.74 bits per heavy atom. The highest BCUT2D eigenvalue weighted by atomic mass is 16.5. The molecule has 0 radical (unpaired) electrons. The molecule has 0 bridgehead atoms. The normalized spacial score (nSPS) is 10.8. The summed E-state index contributed by atoms with van der Waals surface area (Å²) in [5.74, 6) is 1.88. The maximum atomic E-state index is 5.93. The number of fused-ring (bicyclic) bond motifs is 1. The van der Waals surface area contributed by atoms with Crippen molar-refractivity contribution in [2.24, 2.45) is 0 Å². The number of rotatable bonds is 3. The van der Waals surface area contributed by atoms with E-state index in [9.17, 15) is 0 Å². The average molecular weight is 254 g/mol. The predicted molar refractivity (Wildman–Crippen MR) is 74.1 cm³/mol. The van der Waals surface area contributed by atoms with Gasteiger partial charge in [0.25, 0.3) is 0 Å². The summed E-state index contributed by atoms with van der Waals surface area (Å²) < 4.78 is 7.87.